The lowest BCUT2D eigenvalue weighted by Crippen LogP contribution is -2.28. The van der Waals surface area contributed by atoms with E-state index in [1.807, 2.05) is 0 Å². The molecule has 1 aromatic rings. The summed E-state index contributed by atoms with van der Waals surface area (Å²) in [6.07, 6.45) is 4.01. The molecule has 2 heterocycles. The fraction of sp³-hybridized carbons (Fsp3) is 0.706. The zero-order valence-electron chi connectivity index (χ0n) is 15.3. The lowest BCUT2D eigenvalue weighted by Gasteiger charge is -2.13. The van der Waals surface area contributed by atoms with Crippen LogP contribution in [0.4, 0.5) is 0 Å². The number of hydrogen-bond acceptors (Lipinski definition) is 4. The molecular weight excluding hydrogens is 342 g/mol. The minimum atomic E-state index is -3.50. The van der Waals surface area contributed by atoms with Gasteiger partial charge in [-0.2, -0.15) is 4.31 Å². The van der Waals surface area contributed by atoms with E-state index in [0.717, 1.165) is 19.3 Å². The first-order valence-electron chi connectivity index (χ1n) is 8.85. The van der Waals surface area contributed by atoms with Crippen LogP contribution in [0.2, 0.25) is 0 Å². The molecule has 0 spiro atoms. The van der Waals surface area contributed by atoms with Crippen molar-refractivity contribution in [3.63, 3.8) is 0 Å². The van der Waals surface area contributed by atoms with Crippen LogP contribution in [0.5, 0.6) is 0 Å². The standard InChI is InChI=1S/C17H29N3O4S/c1-14(2)13-24-10-6-7-18-17(21)16-11-15(12-19(16)3)25(22,23)20-8-4-5-9-20/h11-12,14H,4-10,13H2,1-3H3,(H,18,21). The van der Waals surface area contributed by atoms with Crippen molar-refractivity contribution in [3.05, 3.63) is 18.0 Å². The molecular formula is C17H29N3O4S. The van der Waals surface area contributed by atoms with E-state index in [2.05, 4.69) is 19.2 Å². The van der Waals surface area contributed by atoms with Crippen molar-refractivity contribution in [2.75, 3.05) is 32.8 Å². The third-order valence-electron chi connectivity index (χ3n) is 4.12. The lowest BCUT2D eigenvalue weighted by molar-refractivity contribution is 0.0918. The normalized spacial score (nSPS) is 15.8. The van der Waals surface area contributed by atoms with Crippen LogP contribution in [0.25, 0.3) is 0 Å². The molecule has 1 aliphatic rings. The SMILES string of the molecule is CC(C)COCCCNC(=O)c1cc(S(=O)(=O)N2CCCC2)cn1C. The predicted octanol–water partition coefficient (Wildman–Crippen LogP) is 1.60. The molecule has 0 bridgehead atoms. The van der Waals surface area contributed by atoms with Crippen LogP contribution in [0.1, 0.15) is 43.6 Å². The Morgan fingerprint density at radius 3 is 2.64 bits per heavy atom. The Hall–Kier alpha value is -1.38. The average molecular weight is 372 g/mol. The maximum absolute atomic E-state index is 12.6. The van der Waals surface area contributed by atoms with Crippen molar-refractivity contribution in [3.8, 4) is 0 Å². The molecule has 0 unspecified atom stereocenters. The molecule has 0 atom stereocenters. The summed E-state index contributed by atoms with van der Waals surface area (Å²) in [5, 5.41) is 2.81. The van der Waals surface area contributed by atoms with Crippen molar-refractivity contribution in [2.45, 2.75) is 38.0 Å². The first-order valence-corrected chi connectivity index (χ1v) is 10.3. The maximum atomic E-state index is 12.6. The molecule has 0 radical (unpaired) electrons. The second kappa shape index (κ2) is 8.82. The fourth-order valence-electron chi connectivity index (χ4n) is 2.76. The van der Waals surface area contributed by atoms with Crippen molar-refractivity contribution in [2.24, 2.45) is 13.0 Å². The molecule has 142 valence electrons. The Bertz CT molecular complexity index is 676. The summed E-state index contributed by atoms with van der Waals surface area (Å²) in [6, 6.07) is 1.46. The van der Waals surface area contributed by atoms with E-state index in [1.54, 1.807) is 11.6 Å². The Morgan fingerprint density at radius 1 is 1.32 bits per heavy atom. The second-order valence-electron chi connectivity index (χ2n) is 6.86. The van der Waals surface area contributed by atoms with Gasteiger partial charge in [-0.25, -0.2) is 8.42 Å². The van der Waals surface area contributed by atoms with Gasteiger partial charge in [-0.3, -0.25) is 4.79 Å². The molecule has 1 saturated heterocycles. The summed E-state index contributed by atoms with van der Waals surface area (Å²) in [5.41, 5.74) is 0.348. The van der Waals surface area contributed by atoms with E-state index in [4.69, 9.17) is 4.74 Å². The molecule has 7 nitrogen and oxygen atoms in total. The highest BCUT2D eigenvalue weighted by molar-refractivity contribution is 7.89. The summed E-state index contributed by atoms with van der Waals surface area (Å²) >= 11 is 0. The summed E-state index contributed by atoms with van der Waals surface area (Å²) in [6.45, 7) is 7.08. The first-order chi connectivity index (χ1) is 11.8. The van der Waals surface area contributed by atoms with Gasteiger partial charge < -0.3 is 14.6 Å². The fourth-order valence-corrected chi connectivity index (χ4v) is 4.35. The number of hydrogen-bond donors (Lipinski definition) is 1. The van der Waals surface area contributed by atoms with Gasteiger partial charge in [0.25, 0.3) is 5.91 Å². The van der Waals surface area contributed by atoms with Crippen LogP contribution in [0.15, 0.2) is 17.2 Å². The van der Waals surface area contributed by atoms with Crippen LogP contribution in [0, 0.1) is 5.92 Å². The molecule has 8 heteroatoms. The number of nitrogens with zero attached hydrogens (tertiary/aromatic N) is 2. The zero-order chi connectivity index (χ0) is 18.4. The van der Waals surface area contributed by atoms with Gasteiger partial charge in [0.15, 0.2) is 0 Å². The second-order valence-corrected chi connectivity index (χ2v) is 8.80. The quantitative estimate of drug-likeness (QED) is 0.669. The number of carbonyl (C=O) groups is 1. The highest BCUT2D eigenvalue weighted by Gasteiger charge is 2.29. The van der Waals surface area contributed by atoms with Crippen LogP contribution in [-0.4, -0.2) is 56.0 Å². The molecule has 0 saturated carbocycles. The number of aromatic nitrogens is 1. The Balaban J connectivity index is 1.89. The van der Waals surface area contributed by atoms with Gasteiger partial charge in [0.05, 0.1) is 0 Å². The Morgan fingerprint density at radius 2 is 2.00 bits per heavy atom. The van der Waals surface area contributed by atoms with Crippen molar-refractivity contribution < 1.29 is 17.9 Å². The molecule has 0 aliphatic carbocycles. The maximum Gasteiger partial charge on any atom is 0.267 e. The van der Waals surface area contributed by atoms with Gasteiger partial charge in [-0.15, -0.1) is 0 Å². The van der Waals surface area contributed by atoms with Gasteiger partial charge in [0, 0.05) is 46.1 Å². The van der Waals surface area contributed by atoms with Gasteiger partial charge in [0.1, 0.15) is 10.6 Å². The van der Waals surface area contributed by atoms with Crippen LogP contribution in [0.3, 0.4) is 0 Å². The number of nitrogens with one attached hydrogen (secondary N) is 1. The van der Waals surface area contributed by atoms with Gasteiger partial charge >= 0.3 is 0 Å². The van der Waals surface area contributed by atoms with Crippen molar-refractivity contribution in [1.82, 2.24) is 14.2 Å². The van der Waals surface area contributed by atoms with E-state index in [1.165, 1.54) is 16.6 Å². The molecule has 0 aromatic carbocycles. The van der Waals surface area contributed by atoms with E-state index < -0.39 is 10.0 Å². The topological polar surface area (TPSA) is 80.6 Å². The third kappa shape index (κ3) is 5.29. The number of carbonyl (C=O) groups excluding carboxylic acids is 1. The minimum absolute atomic E-state index is 0.183. The summed E-state index contributed by atoms with van der Waals surface area (Å²) < 4.78 is 33.7. The van der Waals surface area contributed by atoms with E-state index >= 15 is 0 Å². The highest BCUT2D eigenvalue weighted by Crippen LogP contribution is 2.22. The number of ether oxygens (including phenoxy) is 1. The van der Waals surface area contributed by atoms with E-state index in [-0.39, 0.29) is 10.8 Å². The predicted molar refractivity (Wildman–Crippen MR) is 96.0 cm³/mol. The molecule has 1 amide bonds. The van der Waals surface area contributed by atoms with Gasteiger partial charge in [0.2, 0.25) is 10.0 Å². The summed E-state index contributed by atoms with van der Waals surface area (Å²) in [7, 11) is -1.82. The van der Waals surface area contributed by atoms with Gasteiger partial charge in [-0.1, -0.05) is 13.8 Å². The first kappa shape index (κ1) is 19.9. The Kier molecular flexibility index (Phi) is 7.04. The third-order valence-corrected chi connectivity index (χ3v) is 5.98. The monoisotopic (exact) mass is 371 g/mol. The molecule has 1 fully saturated rings. The molecule has 1 N–H and O–H groups in total. The number of sulfonamides is 1. The number of amides is 1. The lowest BCUT2D eigenvalue weighted by atomic mass is 10.2. The van der Waals surface area contributed by atoms with E-state index in [9.17, 15) is 13.2 Å². The Labute approximate surface area is 150 Å². The van der Waals surface area contributed by atoms with Crippen molar-refractivity contribution >= 4 is 15.9 Å². The average Bonchev–Trinajstić information content (AvgIpc) is 3.20. The zero-order valence-corrected chi connectivity index (χ0v) is 16.1. The largest absolute Gasteiger partial charge is 0.381 e. The minimum Gasteiger partial charge on any atom is -0.381 e. The molecule has 2 rings (SSSR count). The number of rotatable bonds is 9. The number of aryl methyl sites for hydroxylation is 1. The highest BCUT2D eigenvalue weighted by atomic mass is 32.2. The van der Waals surface area contributed by atoms with Crippen LogP contribution >= 0.6 is 0 Å². The van der Waals surface area contributed by atoms with Crippen molar-refractivity contribution in [1.29, 1.82) is 0 Å². The van der Waals surface area contributed by atoms with Crippen LogP contribution < -0.4 is 5.32 Å². The summed E-state index contributed by atoms with van der Waals surface area (Å²) in [4.78, 5) is 12.5. The van der Waals surface area contributed by atoms with E-state index in [0.29, 0.717) is 44.5 Å². The smallest absolute Gasteiger partial charge is 0.267 e. The summed E-state index contributed by atoms with van der Waals surface area (Å²) in [5.74, 6) is 0.225. The molecule has 1 aromatic heterocycles. The van der Waals surface area contributed by atoms with Crippen LogP contribution in [-0.2, 0) is 21.8 Å². The molecule has 1 aliphatic heterocycles. The van der Waals surface area contributed by atoms with Gasteiger partial charge in [-0.05, 0) is 31.2 Å². The molecule has 25 heavy (non-hydrogen) atoms.